The Hall–Kier alpha value is -0.820. The molecule has 1 nitrogen and oxygen atoms in total. The summed E-state index contributed by atoms with van der Waals surface area (Å²) in [5.41, 5.74) is 3.63. The first-order valence-corrected chi connectivity index (χ1v) is 3.97. The molecule has 11 heavy (non-hydrogen) atoms. The Morgan fingerprint density at radius 1 is 1.36 bits per heavy atom. The summed E-state index contributed by atoms with van der Waals surface area (Å²) in [6.07, 6.45) is 1.00. The van der Waals surface area contributed by atoms with Crippen LogP contribution < -0.4 is 0 Å². The van der Waals surface area contributed by atoms with Gasteiger partial charge in [0.25, 0.3) is 0 Å². The van der Waals surface area contributed by atoms with Gasteiger partial charge in [-0.3, -0.25) is 0 Å². The Bertz CT molecular complexity index is 241. The van der Waals surface area contributed by atoms with Gasteiger partial charge in [-0.15, -0.1) is 0 Å². The van der Waals surface area contributed by atoms with Gasteiger partial charge in [0.1, 0.15) is 0 Å². The first-order valence-electron chi connectivity index (χ1n) is 3.97. The lowest BCUT2D eigenvalue weighted by atomic mass is 10.0. The summed E-state index contributed by atoms with van der Waals surface area (Å²) >= 11 is 0. The van der Waals surface area contributed by atoms with E-state index in [0.717, 1.165) is 12.0 Å². The lowest BCUT2D eigenvalue weighted by Crippen LogP contribution is -1.94. The molecular weight excluding hydrogens is 136 g/mol. The standard InChI is InChI=1S/C10H14O/c1-3-10-8(2)5-4-6-9(10)7-11/h4-6,11H,3,7H2,1-2H3. The molecule has 0 saturated carbocycles. The molecule has 0 aliphatic rings. The molecule has 1 N–H and O–H groups in total. The molecule has 1 aromatic rings. The molecule has 0 bridgehead atoms. The molecule has 0 amide bonds. The van der Waals surface area contributed by atoms with E-state index in [4.69, 9.17) is 5.11 Å². The van der Waals surface area contributed by atoms with E-state index in [1.54, 1.807) is 0 Å². The predicted molar refractivity (Wildman–Crippen MR) is 46.5 cm³/mol. The smallest absolute Gasteiger partial charge is 0.0684 e. The SMILES string of the molecule is CCc1c(C)cccc1CO. The fourth-order valence-electron chi connectivity index (χ4n) is 1.42. The van der Waals surface area contributed by atoms with Crippen LogP contribution in [0.2, 0.25) is 0 Å². The summed E-state index contributed by atoms with van der Waals surface area (Å²) in [4.78, 5) is 0. The third-order valence-corrected chi connectivity index (χ3v) is 2.03. The van der Waals surface area contributed by atoms with Crippen LogP contribution in [0.1, 0.15) is 23.6 Å². The van der Waals surface area contributed by atoms with E-state index in [-0.39, 0.29) is 6.61 Å². The lowest BCUT2D eigenvalue weighted by Gasteiger charge is -2.07. The highest BCUT2D eigenvalue weighted by atomic mass is 16.3. The normalized spacial score (nSPS) is 10.1. The van der Waals surface area contributed by atoms with Crippen LogP contribution in [0.4, 0.5) is 0 Å². The average Bonchev–Trinajstić information content (AvgIpc) is 2.04. The maximum absolute atomic E-state index is 8.97. The van der Waals surface area contributed by atoms with Crippen LogP contribution in [0.5, 0.6) is 0 Å². The summed E-state index contributed by atoms with van der Waals surface area (Å²) in [6.45, 7) is 4.35. The van der Waals surface area contributed by atoms with Gasteiger partial charge >= 0.3 is 0 Å². The Morgan fingerprint density at radius 2 is 2.09 bits per heavy atom. The second-order valence-electron chi connectivity index (χ2n) is 2.72. The van der Waals surface area contributed by atoms with E-state index in [2.05, 4.69) is 19.9 Å². The molecule has 0 atom stereocenters. The highest BCUT2D eigenvalue weighted by Gasteiger charge is 2.00. The van der Waals surface area contributed by atoms with Gasteiger partial charge < -0.3 is 5.11 Å². The predicted octanol–water partition coefficient (Wildman–Crippen LogP) is 2.05. The van der Waals surface area contributed by atoms with Crippen LogP contribution in [0.15, 0.2) is 18.2 Å². The Balaban J connectivity index is 3.13. The highest BCUT2D eigenvalue weighted by molar-refractivity contribution is 5.33. The summed E-state index contributed by atoms with van der Waals surface area (Å²) in [6, 6.07) is 6.05. The van der Waals surface area contributed by atoms with Gasteiger partial charge in [0.05, 0.1) is 6.61 Å². The highest BCUT2D eigenvalue weighted by Crippen LogP contribution is 2.14. The van der Waals surface area contributed by atoms with E-state index >= 15 is 0 Å². The average molecular weight is 150 g/mol. The van der Waals surface area contributed by atoms with E-state index in [0.29, 0.717) is 0 Å². The minimum absolute atomic E-state index is 0.158. The molecule has 60 valence electrons. The van der Waals surface area contributed by atoms with Gasteiger partial charge in [-0.2, -0.15) is 0 Å². The Morgan fingerprint density at radius 3 is 2.55 bits per heavy atom. The quantitative estimate of drug-likeness (QED) is 0.684. The molecular formula is C10H14O. The number of rotatable bonds is 2. The zero-order chi connectivity index (χ0) is 8.27. The van der Waals surface area contributed by atoms with Crippen LogP contribution >= 0.6 is 0 Å². The van der Waals surface area contributed by atoms with Crippen molar-refractivity contribution >= 4 is 0 Å². The molecule has 1 aromatic carbocycles. The van der Waals surface area contributed by atoms with Crippen molar-refractivity contribution < 1.29 is 5.11 Å². The third-order valence-electron chi connectivity index (χ3n) is 2.03. The van der Waals surface area contributed by atoms with E-state index < -0.39 is 0 Å². The maximum atomic E-state index is 8.97. The van der Waals surface area contributed by atoms with E-state index in [1.165, 1.54) is 11.1 Å². The van der Waals surface area contributed by atoms with Crippen molar-refractivity contribution in [3.63, 3.8) is 0 Å². The number of hydrogen-bond acceptors (Lipinski definition) is 1. The molecule has 0 aliphatic heterocycles. The van der Waals surface area contributed by atoms with Gasteiger partial charge in [0.15, 0.2) is 0 Å². The zero-order valence-corrected chi connectivity index (χ0v) is 7.09. The Labute approximate surface area is 67.7 Å². The number of aryl methyl sites for hydroxylation is 1. The largest absolute Gasteiger partial charge is 0.392 e. The number of aliphatic hydroxyl groups excluding tert-OH is 1. The van der Waals surface area contributed by atoms with Crippen molar-refractivity contribution in [3.8, 4) is 0 Å². The van der Waals surface area contributed by atoms with Crippen LogP contribution in [-0.2, 0) is 13.0 Å². The maximum Gasteiger partial charge on any atom is 0.0684 e. The molecule has 0 saturated heterocycles. The molecule has 0 fully saturated rings. The number of aliphatic hydroxyl groups is 1. The second-order valence-corrected chi connectivity index (χ2v) is 2.72. The van der Waals surface area contributed by atoms with E-state index in [1.807, 2.05) is 12.1 Å². The lowest BCUT2D eigenvalue weighted by molar-refractivity contribution is 0.280. The molecule has 0 aliphatic carbocycles. The van der Waals surface area contributed by atoms with Crippen molar-refractivity contribution in [1.82, 2.24) is 0 Å². The fourth-order valence-corrected chi connectivity index (χ4v) is 1.42. The molecule has 0 heterocycles. The van der Waals surface area contributed by atoms with Crippen molar-refractivity contribution in [3.05, 3.63) is 34.9 Å². The fraction of sp³-hybridized carbons (Fsp3) is 0.400. The molecule has 0 spiro atoms. The van der Waals surface area contributed by atoms with E-state index in [9.17, 15) is 0 Å². The van der Waals surface area contributed by atoms with Gasteiger partial charge in [0, 0.05) is 0 Å². The molecule has 0 radical (unpaired) electrons. The summed E-state index contributed by atoms with van der Waals surface area (Å²) < 4.78 is 0. The Kier molecular flexibility index (Phi) is 2.66. The van der Waals surface area contributed by atoms with Gasteiger partial charge in [0.2, 0.25) is 0 Å². The molecule has 1 heteroatoms. The van der Waals surface area contributed by atoms with Crippen LogP contribution in [-0.4, -0.2) is 5.11 Å². The first kappa shape index (κ1) is 8.28. The van der Waals surface area contributed by atoms with Crippen LogP contribution in [0, 0.1) is 6.92 Å². The summed E-state index contributed by atoms with van der Waals surface area (Å²) in [7, 11) is 0. The number of benzene rings is 1. The molecule has 1 rings (SSSR count). The van der Waals surface area contributed by atoms with Crippen molar-refractivity contribution in [2.24, 2.45) is 0 Å². The minimum Gasteiger partial charge on any atom is -0.392 e. The monoisotopic (exact) mass is 150 g/mol. The summed E-state index contributed by atoms with van der Waals surface area (Å²) in [5.74, 6) is 0. The van der Waals surface area contributed by atoms with Gasteiger partial charge in [-0.05, 0) is 30.0 Å². The van der Waals surface area contributed by atoms with Crippen LogP contribution in [0.3, 0.4) is 0 Å². The van der Waals surface area contributed by atoms with Crippen molar-refractivity contribution in [2.45, 2.75) is 26.9 Å². The minimum atomic E-state index is 0.158. The third kappa shape index (κ3) is 1.60. The first-order chi connectivity index (χ1) is 5.29. The molecule has 0 aromatic heterocycles. The molecule has 0 unspecified atom stereocenters. The van der Waals surface area contributed by atoms with Crippen LogP contribution in [0.25, 0.3) is 0 Å². The van der Waals surface area contributed by atoms with Crippen molar-refractivity contribution in [2.75, 3.05) is 0 Å². The topological polar surface area (TPSA) is 20.2 Å². The van der Waals surface area contributed by atoms with Crippen molar-refractivity contribution in [1.29, 1.82) is 0 Å². The number of hydrogen-bond donors (Lipinski definition) is 1. The second kappa shape index (κ2) is 3.54. The summed E-state index contributed by atoms with van der Waals surface area (Å²) in [5, 5.41) is 8.97. The van der Waals surface area contributed by atoms with Gasteiger partial charge in [-0.1, -0.05) is 25.1 Å². The zero-order valence-electron chi connectivity index (χ0n) is 7.09. The van der Waals surface area contributed by atoms with Gasteiger partial charge in [-0.25, -0.2) is 0 Å².